The molecule has 0 aromatic heterocycles. The van der Waals surface area contributed by atoms with Gasteiger partial charge in [0.05, 0.1) is 11.6 Å². The standard InChI is InChI=1S/C13H15FN2/c14-12-7-11(10-15)8-13(9-12)16-5-3-1-2-4-6-16/h7-9H,1-6H2. The van der Waals surface area contributed by atoms with E-state index in [9.17, 15) is 4.39 Å². The zero-order valence-corrected chi connectivity index (χ0v) is 9.25. The van der Waals surface area contributed by atoms with Gasteiger partial charge in [0.2, 0.25) is 0 Å². The molecule has 0 bridgehead atoms. The van der Waals surface area contributed by atoms with Gasteiger partial charge in [-0.1, -0.05) is 12.8 Å². The molecular formula is C13H15FN2. The molecule has 0 amide bonds. The van der Waals surface area contributed by atoms with Crippen LogP contribution in [0.3, 0.4) is 0 Å². The lowest BCUT2D eigenvalue weighted by Crippen LogP contribution is -2.23. The van der Waals surface area contributed by atoms with Crippen LogP contribution < -0.4 is 4.90 Å². The van der Waals surface area contributed by atoms with Crippen molar-refractivity contribution in [3.63, 3.8) is 0 Å². The first-order valence-electron chi connectivity index (χ1n) is 5.75. The van der Waals surface area contributed by atoms with Gasteiger partial charge in [-0.2, -0.15) is 5.26 Å². The van der Waals surface area contributed by atoms with Crippen molar-refractivity contribution in [3.05, 3.63) is 29.6 Å². The number of benzene rings is 1. The average molecular weight is 218 g/mol. The van der Waals surface area contributed by atoms with Gasteiger partial charge in [0.1, 0.15) is 5.82 Å². The molecule has 1 aromatic carbocycles. The van der Waals surface area contributed by atoms with Crippen LogP contribution in [-0.4, -0.2) is 13.1 Å². The highest BCUT2D eigenvalue weighted by Crippen LogP contribution is 2.21. The van der Waals surface area contributed by atoms with Crippen molar-refractivity contribution in [2.45, 2.75) is 25.7 Å². The summed E-state index contributed by atoms with van der Waals surface area (Å²) in [5.41, 5.74) is 1.25. The molecule has 0 spiro atoms. The van der Waals surface area contributed by atoms with Gasteiger partial charge in [0.15, 0.2) is 0 Å². The summed E-state index contributed by atoms with van der Waals surface area (Å²) in [6.07, 6.45) is 4.80. The fourth-order valence-electron chi connectivity index (χ4n) is 2.15. The molecule has 0 atom stereocenters. The molecule has 1 aliphatic rings. The van der Waals surface area contributed by atoms with Crippen molar-refractivity contribution >= 4 is 5.69 Å². The fourth-order valence-corrected chi connectivity index (χ4v) is 2.15. The molecule has 16 heavy (non-hydrogen) atoms. The normalized spacial score (nSPS) is 16.6. The molecule has 1 heterocycles. The van der Waals surface area contributed by atoms with E-state index >= 15 is 0 Å². The van der Waals surface area contributed by atoms with Crippen molar-refractivity contribution < 1.29 is 4.39 Å². The second kappa shape index (κ2) is 4.98. The van der Waals surface area contributed by atoms with Crippen LogP contribution in [0.25, 0.3) is 0 Å². The Morgan fingerprint density at radius 3 is 2.38 bits per heavy atom. The SMILES string of the molecule is N#Cc1cc(F)cc(N2CCCCCC2)c1. The molecule has 1 aliphatic heterocycles. The van der Waals surface area contributed by atoms with Crippen molar-refractivity contribution in [2.75, 3.05) is 18.0 Å². The number of nitriles is 1. The van der Waals surface area contributed by atoms with Gasteiger partial charge in [-0.25, -0.2) is 4.39 Å². The van der Waals surface area contributed by atoms with E-state index in [0.717, 1.165) is 31.6 Å². The maximum absolute atomic E-state index is 13.3. The lowest BCUT2D eigenvalue weighted by molar-refractivity contribution is 0.625. The highest BCUT2D eigenvalue weighted by molar-refractivity contribution is 5.52. The first-order valence-corrected chi connectivity index (χ1v) is 5.75. The van der Waals surface area contributed by atoms with Crippen molar-refractivity contribution in [2.24, 2.45) is 0 Å². The number of anilines is 1. The molecule has 2 nitrogen and oxygen atoms in total. The van der Waals surface area contributed by atoms with Gasteiger partial charge in [-0.3, -0.25) is 0 Å². The third-order valence-corrected chi connectivity index (χ3v) is 2.98. The Morgan fingerprint density at radius 1 is 1.06 bits per heavy atom. The molecule has 1 aromatic rings. The van der Waals surface area contributed by atoms with Gasteiger partial charge in [0, 0.05) is 18.8 Å². The first-order chi connectivity index (χ1) is 7.79. The summed E-state index contributed by atoms with van der Waals surface area (Å²) in [5.74, 6) is -0.321. The van der Waals surface area contributed by atoms with Crippen LogP contribution in [0.1, 0.15) is 31.2 Å². The lowest BCUT2D eigenvalue weighted by atomic mass is 10.2. The minimum atomic E-state index is -0.321. The molecule has 0 saturated carbocycles. The third-order valence-electron chi connectivity index (χ3n) is 2.98. The smallest absolute Gasteiger partial charge is 0.126 e. The second-order valence-corrected chi connectivity index (χ2v) is 4.21. The summed E-state index contributed by atoms with van der Waals surface area (Å²) in [5, 5.41) is 8.81. The predicted octanol–water partition coefficient (Wildman–Crippen LogP) is 3.08. The Labute approximate surface area is 95.3 Å². The van der Waals surface area contributed by atoms with Crippen molar-refractivity contribution in [3.8, 4) is 6.07 Å². The predicted molar refractivity (Wildman–Crippen MR) is 61.8 cm³/mol. The van der Waals surface area contributed by atoms with Crippen LogP contribution >= 0.6 is 0 Å². The first kappa shape index (κ1) is 10.9. The molecule has 3 heteroatoms. The average Bonchev–Trinajstić information content (AvgIpc) is 2.56. The van der Waals surface area contributed by atoms with Crippen LogP contribution in [0.15, 0.2) is 18.2 Å². The van der Waals surface area contributed by atoms with Crippen LogP contribution in [0.4, 0.5) is 10.1 Å². The van der Waals surface area contributed by atoms with Crippen LogP contribution in [0, 0.1) is 17.1 Å². The molecule has 0 unspecified atom stereocenters. The van der Waals surface area contributed by atoms with Crippen LogP contribution in [0.5, 0.6) is 0 Å². The van der Waals surface area contributed by atoms with Gasteiger partial charge in [0.25, 0.3) is 0 Å². The summed E-state index contributed by atoms with van der Waals surface area (Å²) in [4.78, 5) is 2.18. The van der Waals surface area contributed by atoms with Crippen molar-refractivity contribution in [1.82, 2.24) is 0 Å². The maximum atomic E-state index is 13.3. The maximum Gasteiger partial charge on any atom is 0.126 e. The van der Waals surface area contributed by atoms with Crippen molar-refractivity contribution in [1.29, 1.82) is 5.26 Å². The summed E-state index contributed by atoms with van der Waals surface area (Å²) in [7, 11) is 0. The van der Waals surface area contributed by atoms with Gasteiger partial charge >= 0.3 is 0 Å². The Balaban J connectivity index is 2.24. The number of rotatable bonds is 1. The molecule has 1 saturated heterocycles. The number of hydrogen-bond acceptors (Lipinski definition) is 2. The summed E-state index contributed by atoms with van der Waals surface area (Å²) in [6.45, 7) is 1.93. The van der Waals surface area contributed by atoms with E-state index < -0.39 is 0 Å². The highest BCUT2D eigenvalue weighted by atomic mass is 19.1. The molecule has 1 fully saturated rings. The van der Waals surface area contributed by atoms with Crippen LogP contribution in [-0.2, 0) is 0 Å². The zero-order valence-electron chi connectivity index (χ0n) is 9.25. The quantitative estimate of drug-likeness (QED) is 0.724. The summed E-state index contributed by atoms with van der Waals surface area (Å²) < 4.78 is 13.3. The third kappa shape index (κ3) is 2.52. The van der Waals surface area contributed by atoms with E-state index in [-0.39, 0.29) is 5.82 Å². The molecular weight excluding hydrogens is 203 g/mol. The molecule has 0 N–H and O–H groups in total. The van der Waals surface area contributed by atoms with Gasteiger partial charge < -0.3 is 4.90 Å². The largest absolute Gasteiger partial charge is 0.371 e. The van der Waals surface area contributed by atoms with Gasteiger partial charge in [-0.05, 0) is 31.0 Å². The van der Waals surface area contributed by atoms with E-state index in [4.69, 9.17) is 5.26 Å². The van der Waals surface area contributed by atoms with Crippen LogP contribution in [0.2, 0.25) is 0 Å². The summed E-state index contributed by atoms with van der Waals surface area (Å²) >= 11 is 0. The zero-order chi connectivity index (χ0) is 11.4. The Bertz CT molecular complexity index is 401. The lowest BCUT2D eigenvalue weighted by Gasteiger charge is -2.22. The fraction of sp³-hybridized carbons (Fsp3) is 0.462. The molecule has 0 aliphatic carbocycles. The Hall–Kier alpha value is -1.56. The summed E-state index contributed by atoms with van der Waals surface area (Å²) in [6, 6.07) is 6.57. The van der Waals surface area contributed by atoms with E-state index in [1.165, 1.54) is 25.0 Å². The Kier molecular flexibility index (Phi) is 3.40. The van der Waals surface area contributed by atoms with Gasteiger partial charge in [-0.15, -0.1) is 0 Å². The second-order valence-electron chi connectivity index (χ2n) is 4.21. The molecule has 84 valence electrons. The van der Waals surface area contributed by atoms with E-state index in [0.29, 0.717) is 5.56 Å². The minimum absolute atomic E-state index is 0.321. The number of hydrogen-bond donors (Lipinski definition) is 0. The Morgan fingerprint density at radius 2 is 1.75 bits per heavy atom. The van der Waals surface area contributed by atoms with E-state index in [1.54, 1.807) is 6.07 Å². The molecule has 0 radical (unpaired) electrons. The number of nitrogens with zero attached hydrogens (tertiary/aromatic N) is 2. The molecule has 2 rings (SSSR count). The number of halogens is 1. The minimum Gasteiger partial charge on any atom is -0.371 e. The van der Waals surface area contributed by atoms with E-state index in [2.05, 4.69) is 4.90 Å². The van der Waals surface area contributed by atoms with E-state index in [1.807, 2.05) is 6.07 Å². The highest BCUT2D eigenvalue weighted by Gasteiger charge is 2.11. The topological polar surface area (TPSA) is 27.0 Å². The monoisotopic (exact) mass is 218 g/mol.